The van der Waals surface area contributed by atoms with Crippen LogP contribution in [0.5, 0.6) is 11.5 Å². The summed E-state index contributed by atoms with van der Waals surface area (Å²) >= 11 is 0. The molecule has 1 aromatic heterocycles. The van der Waals surface area contributed by atoms with Crippen LogP contribution < -0.4 is 9.47 Å². The fourth-order valence-corrected chi connectivity index (χ4v) is 3.86. The molecular formula is C28H23F2N3O2. The lowest BCUT2D eigenvalue weighted by molar-refractivity contribution is -0.186. The van der Waals surface area contributed by atoms with Crippen molar-refractivity contribution in [1.29, 1.82) is 5.26 Å². The van der Waals surface area contributed by atoms with E-state index < -0.39 is 6.11 Å². The molecule has 0 amide bonds. The monoisotopic (exact) mass is 471 g/mol. The highest BCUT2D eigenvalue weighted by Gasteiger charge is 2.35. The molecule has 0 bridgehead atoms. The van der Waals surface area contributed by atoms with E-state index in [1.165, 1.54) is 37.4 Å². The molecule has 35 heavy (non-hydrogen) atoms. The first-order chi connectivity index (χ1) is 16.9. The zero-order chi connectivity index (χ0) is 25.0. The first-order valence-electron chi connectivity index (χ1n) is 11.0. The Kier molecular flexibility index (Phi) is 6.74. The molecule has 0 spiro atoms. The molecule has 176 valence electrons. The fraction of sp³-hybridized carbons (Fsp3) is 0.179. The van der Waals surface area contributed by atoms with E-state index in [2.05, 4.69) is 11.1 Å². The van der Waals surface area contributed by atoms with Crippen molar-refractivity contribution in [2.24, 2.45) is 4.99 Å². The van der Waals surface area contributed by atoms with Gasteiger partial charge in [0.2, 0.25) is 0 Å². The van der Waals surface area contributed by atoms with Crippen LogP contribution in [0, 0.1) is 18.3 Å². The van der Waals surface area contributed by atoms with E-state index in [1.807, 2.05) is 26.0 Å². The molecule has 0 aliphatic carbocycles. The van der Waals surface area contributed by atoms with Crippen LogP contribution in [0.1, 0.15) is 34.7 Å². The highest BCUT2D eigenvalue weighted by molar-refractivity contribution is 6.20. The molecule has 0 fully saturated rings. The zero-order valence-electron chi connectivity index (χ0n) is 19.5. The topological polar surface area (TPSA) is 67.5 Å². The summed E-state index contributed by atoms with van der Waals surface area (Å²) in [5, 5.41) is 9.75. The summed E-state index contributed by atoms with van der Waals surface area (Å²) in [6.45, 7) is 4.31. The molecule has 5 nitrogen and oxygen atoms in total. The van der Waals surface area contributed by atoms with Crippen molar-refractivity contribution < 1.29 is 18.3 Å². The molecule has 0 aliphatic rings. The van der Waals surface area contributed by atoms with Gasteiger partial charge in [-0.1, -0.05) is 30.3 Å². The number of hydrogen-bond acceptors (Lipinski definition) is 5. The molecule has 0 saturated heterocycles. The summed E-state index contributed by atoms with van der Waals surface area (Å²) in [5.41, 5.74) is 3.86. The Hall–Kier alpha value is -4.31. The van der Waals surface area contributed by atoms with E-state index in [0.717, 1.165) is 16.7 Å². The maximum absolute atomic E-state index is 15.0. The maximum atomic E-state index is 15.0. The molecule has 1 heterocycles. The molecule has 3 aromatic carbocycles. The number of ether oxygens (including phenoxy) is 2. The van der Waals surface area contributed by atoms with Crippen LogP contribution in [-0.2, 0) is 6.11 Å². The average molecular weight is 472 g/mol. The number of aromatic nitrogens is 1. The molecule has 4 rings (SSSR count). The van der Waals surface area contributed by atoms with E-state index >= 15 is 8.78 Å². The minimum absolute atomic E-state index is 0.113. The number of halogens is 2. The van der Waals surface area contributed by atoms with Gasteiger partial charge in [-0.05, 0) is 49.7 Å². The fourth-order valence-electron chi connectivity index (χ4n) is 3.86. The average Bonchev–Trinajstić information content (AvgIpc) is 2.88. The van der Waals surface area contributed by atoms with Crippen molar-refractivity contribution in [3.8, 4) is 17.6 Å². The lowest BCUT2D eigenvalue weighted by Gasteiger charge is -2.21. The van der Waals surface area contributed by atoms with Crippen molar-refractivity contribution in [3.63, 3.8) is 0 Å². The standard InChI is InChI=1S/C28H23F2N3O2/c1-4-32-27(20-12-10-19(16-31)11-13-20)26-18(2)17-33-23-15-24(34-3)25(14-22(23)26)35-28(29,30)21-8-6-5-7-9-21/h5-15,17H,4H2,1-3H3. The number of hydrogen-bond donors (Lipinski definition) is 0. The minimum Gasteiger partial charge on any atom is -0.493 e. The van der Waals surface area contributed by atoms with Crippen molar-refractivity contribution >= 4 is 16.6 Å². The lowest BCUT2D eigenvalue weighted by Crippen LogP contribution is -2.22. The van der Waals surface area contributed by atoms with E-state index in [9.17, 15) is 0 Å². The summed E-state index contributed by atoms with van der Waals surface area (Å²) in [6.07, 6.45) is -1.86. The van der Waals surface area contributed by atoms with Crippen LogP contribution in [0.3, 0.4) is 0 Å². The summed E-state index contributed by atoms with van der Waals surface area (Å²) in [7, 11) is 1.39. The SMILES string of the molecule is CCN=C(c1ccc(C#N)cc1)c1c(C)cnc2cc(OC)c(OC(F)(F)c3ccccc3)cc12. The van der Waals surface area contributed by atoms with Gasteiger partial charge in [-0.2, -0.15) is 14.0 Å². The molecule has 7 heteroatoms. The Labute approximate surface area is 202 Å². The Morgan fingerprint density at radius 2 is 1.77 bits per heavy atom. The summed E-state index contributed by atoms with van der Waals surface area (Å²) in [5.74, 6) is 0.0287. The smallest absolute Gasteiger partial charge is 0.426 e. The number of nitrogens with zero attached hydrogens (tertiary/aromatic N) is 3. The number of methoxy groups -OCH3 is 1. The summed E-state index contributed by atoms with van der Waals surface area (Å²) in [4.78, 5) is 9.20. The third-order valence-corrected chi connectivity index (χ3v) is 5.53. The molecule has 0 aliphatic heterocycles. The Bertz CT molecular complexity index is 1430. The summed E-state index contributed by atoms with van der Waals surface area (Å²) < 4.78 is 40.6. The van der Waals surface area contributed by atoms with Gasteiger partial charge in [0.25, 0.3) is 0 Å². The number of pyridine rings is 1. The Morgan fingerprint density at radius 1 is 1.06 bits per heavy atom. The molecule has 0 saturated carbocycles. The van der Waals surface area contributed by atoms with Crippen LogP contribution in [0.2, 0.25) is 0 Å². The predicted octanol–water partition coefficient (Wildman–Crippen LogP) is 6.41. The van der Waals surface area contributed by atoms with Gasteiger partial charge in [0.05, 0.1) is 35.5 Å². The van der Waals surface area contributed by atoms with Crippen molar-refractivity contribution in [1.82, 2.24) is 4.98 Å². The van der Waals surface area contributed by atoms with Crippen LogP contribution in [-0.4, -0.2) is 24.4 Å². The second kappa shape index (κ2) is 9.90. The number of alkyl halides is 2. The minimum atomic E-state index is -3.58. The molecule has 4 aromatic rings. The number of benzene rings is 3. The zero-order valence-corrected chi connectivity index (χ0v) is 19.5. The number of aryl methyl sites for hydroxylation is 1. The maximum Gasteiger partial charge on any atom is 0.426 e. The van der Waals surface area contributed by atoms with Gasteiger partial charge in [0.15, 0.2) is 11.5 Å². The largest absolute Gasteiger partial charge is 0.493 e. The Morgan fingerprint density at radius 3 is 2.40 bits per heavy atom. The summed E-state index contributed by atoms with van der Waals surface area (Å²) in [6, 6.07) is 19.6. The van der Waals surface area contributed by atoms with E-state index in [1.54, 1.807) is 30.5 Å². The van der Waals surface area contributed by atoms with Gasteiger partial charge in [-0.3, -0.25) is 9.98 Å². The Balaban J connectivity index is 1.90. The van der Waals surface area contributed by atoms with E-state index in [4.69, 9.17) is 19.7 Å². The second-order valence-corrected chi connectivity index (χ2v) is 7.83. The number of aliphatic imine (C=N–C) groups is 1. The van der Waals surface area contributed by atoms with Gasteiger partial charge in [0.1, 0.15) is 0 Å². The van der Waals surface area contributed by atoms with Crippen molar-refractivity contribution in [2.45, 2.75) is 20.0 Å². The first-order valence-corrected chi connectivity index (χ1v) is 11.0. The van der Waals surface area contributed by atoms with Crippen LogP contribution in [0.15, 0.2) is 77.9 Å². The van der Waals surface area contributed by atoms with Gasteiger partial charge in [-0.15, -0.1) is 0 Å². The number of nitriles is 1. The lowest BCUT2D eigenvalue weighted by atomic mass is 9.94. The van der Waals surface area contributed by atoms with Crippen LogP contribution in [0.25, 0.3) is 10.9 Å². The normalized spacial score (nSPS) is 11.8. The highest BCUT2D eigenvalue weighted by Crippen LogP contribution is 2.40. The molecule has 0 N–H and O–H groups in total. The van der Waals surface area contributed by atoms with Gasteiger partial charge in [-0.25, -0.2) is 0 Å². The van der Waals surface area contributed by atoms with Crippen LogP contribution >= 0.6 is 0 Å². The predicted molar refractivity (Wildman–Crippen MR) is 131 cm³/mol. The van der Waals surface area contributed by atoms with Crippen molar-refractivity contribution in [3.05, 3.63) is 101 Å². The third kappa shape index (κ3) is 4.82. The molecule has 0 radical (unpaired) electrons. The van der Waals surface area contributed by atoms with Crippen LogP contribution in [0.4, 0.5) is 8.78 Å². The van der Waals surface area contributed by atoms with E-state index in [-0.39, 0.29) is 17.1 Å². The number of rotatable bonds is 7. The second-order valence-electron chi connectivity index (χ2n) is 7.83. The first kappa shape index (κ1) is 23.8. The molecular weight excluding hydrogens is 448 g/mol. The van der Waals surface area contributed by atoms with Gasteiger partial charge in [0, 0.05) is 35.3 Å². The van der Waals surface area contributed by atoms with Crippen molar-refractivity contribution in [2.75, 3.05) is 13.7 Å². The number of fused-ring (bicyclic) bond motifs is 1. The quantitative estimate of drug-likeness (QED) is 0.292. The van der Waals surface area contributed by atoms with Gasteiger partial charge >= 0.3 is 6.11 Å². The third-order valence-electron chi connectivity index (χ3n) is 5.53. The molecule has 0 unspecified atom stereocenters. The molecule has 0 atom stereocenters. The van der Waals surface area contributed by atoms with Gasteiger partial charge < -0.3 is 9.47 Å². The van der Waals surface area contributed by atoms with E-state index in [0.29, 0.717) is 28.7 Å². The highest BCUT2D eigenvalue weighted by atomic mass is 19.3.